The van der Waals surface area contributed by atoms with Gasteiger partial charge in [0.05, 0.1) is 15.5 Å². The first-order valence-corrected chi connectivity index (χ1v) is 11.0. The van der Waals surface area contributed by atoms with Crippen LogP contribution < -0.4 is 15.9 Å². The van der Waals surface area contributed by atoms with Crippen LogP contribution in [0.2, 0.25) is 0 Å². The summed E-state index contributed by atoms with van der Waals surface area (Å²) in [5.41, 5.74) is 10.4. The Morgan fingerprint density at radius 1 is 0.967 bits per heavy atom. The molecule has 0 fully saturated rings. The second-order valence-electron chi connectivity index (χ2n) is 6.45. The molecule has 0 saturated carbocycles. The Kier molecular flexibility index (Phi) is 6.81. The summed E-state index contributed by atoms with van der Waals surface area (Å²) in [6.07, 6.45) is 0. The topological polar surface area (TPSA) is 93.8 Å². The van der Waals surface area contributed by atoms with E-state index in [0.29, 0.717) is 12.4 Å². The lowest BCUT2D eigenvalue weighted by Gasteiger charge is -2.09. The number of nitrogens with zero attached hydrogens (tertiary/aromatic N) is 1. The molecule has 0 saturated heterocycles. The molecular formula is C22H21N3O3S2. The van der Waals surface area contributed by atoms with E-state index in [-0.39, 0.29) is 14.9 Å². The number of benzene rings is 3. The van der Waals surface area contributed by atoms with E-state index < -0.39 is 9.84 Å². The van der Waals surface area contributed by atoms with E-state index in [1.54, 1.807) is 54.6 Å². The third kappa shape index (κ3) is 5.43. The molecule has 6 nitrogen and oxygen atoms in total. The number of nitrogens with two attached hydrogens (primary N) is 1. The van der Waals surface area contributed by atoms with Crippen molar-refractivity contribution in [1.82, 2.24) is 5.43 Å². The molecule has 3 N–H and O–H groups in total. The van der Waals surface area contributed by atoms with E-state index >= 15 is 0 Å². The van der Waals surface area contributed by atoms with Gasteiger partial charge < -0.3 is 10.5 Å². The SMILES string of the molecule is C/C(=N\NC(N)=S)c1ccc(OCc2ccc(S(=O)(=O)c3ccccc3)cc2)cc1. The van der Waals surface area contributed by atoms with Crippen LogP contribution in [0, 0.1) is 0 Å². The predicted molar refractivity (Wildman–Crippen MR) is 121 cm³/mol. The Balaban J connectivity index is 1.63. The third-order valence-corrected chi connectivity index (χ3v) is 6.18. The molecule has 0 atom stereocenters. The lowest BCUT2D eigenvalue weighted by Crippen LogP contribution is -2.25. The smallest absolute Gasteiger partial charge is 0.206 e. The minimum absolute atomic E-state index is 0.108. The highest BCUT2D eigenvalue weighted by Crippen LogP contribution is 2.21. The Bertz CT molecular complexity index is 1140. The van der Waals surface area contributed by atoms with Crippen LogP contribution in [0.3, 0.4) is 0 Å². The summed E-state index contributed by atoms with van der Waals surface area (Å²) in [6.45, 7) is 2.16. The van der Waals surface area contributed by atoms with Gasteiger partial charge in [0, 0.05) is 0 Å². The number of nitrogens with one attached hydrogen (secondary N) is 1. The zero-order valence-electron chi connectivity index (χ0n) is 16.3. The standard InChI is InChI=1S/C22H21N3O3S2/c1-16(24-25-22(23)29)18-9-11-19(12-10-18)28-15-17-7-13-21(14-8-17)30(26,27)20-5-3-2-4-6-20/h2-14H,15H2,1H3,(H3,23,25,29)/b24-16+. The molecule has 154 valence electrons. The third-order valence-electron chi connectivity index (χ3n) is 4.30. The highest BCUT2D eigenvalue weighted by molar-refractivity contribution is 7.91. The quantitative estimate of drug-likeness (QED) is 0.332. The van der Waals surface area contributed by atoms with Crippen molar-refractivity contribution < 1.29 is 13.2 Å². The number of thiocarbonyl (C=S) groups is 1. The van der Waals surface area contributed by atoms with Crippen molar-refractivity contribution in [3.05, 3.63) is 90.0 Å². The molecule has 3 aromatic carbocycles. The van der Waals surface area contributed by atoms with Crippen molar-refractivity contribution in [2.45, 2.75) is 23.3 Å². The molecular weight excluding hydrogens is 418 g/mol. The average Bonchev–Trinajstić information content (AvgIpc) is 2.77. The molecule has 0 unspecified atom stereocenters. The van der Waals surface area contributed by atoms with Crippen LogP contribution in [0.15, 0.2) is 93.8 Å². The van der Waals surface area contributed by atoms with Gasteiger partial charge in [0.2, 0.25) is 9.84 Å². The minimum Gasteiger partial charge on any atom is -0.489 e. The summed E-state index contributed by atoms with van der Waals surface area (Å²) < 4.78 is 31.1. The summed E-state index contributed by atoms with van der Waals surface area (Å²) in [7, 11) is -3.52. The van der Waals surface area contributed by atoms with Crippen LogP contribution in [0.25, 0.3) is 0 Å². The van der Waals surface area contributed by atoms with Crippen molar-refractivity contribution in [2.75, 3.05) is 0 Å². The van der Waals surface area contributed by atoms with Crippen LogP contribution in [-0.2, 0) is 16.4 Å². The Morgan fingerprint density at radius 3 is 2.17 bits per heavy atom. The zero-order valence-corrected chi connectivity index (χ0v) is 17.9. The van der Waals surface area contributed by atoms with Crippen molar-refractivity contribution in [2.24, 2.45) is 10.8 Å². The maximum Gasteiger partial charge on any atom is 0.206 e. The molecule has 0 amide bonds. The fourth-order valence-electron chi connectivity index (χ4n) is 2.66. The van der Waals surface area contributed by atoms with Gasteiger partial charge in [0.25, 0.3) is 0 Å². The number of hydrazone groups is 1. The zero-order chi connectivity index (χ0) is 21.6. The molecule has 3 rings (SSSR count). The monoisotopic (exact) mass is 439 g/mol. The molecule has 0 bridgehead atoms. The molecule has 0 heterocycles. The van der Waals surface area contributed by atoms with E-state index in [2.05, 4.69) is 10.5 Å². The van der Waals surface area contributed by atoms with Crippen LogP contribution >= 0.6 is 12.2 Å². The lowest BCUT2D eigenvalue weighted by atomic mass is 10.1. The number of sulfone groups is 1. The number of hydrogen-bond donors (Lipinski definition) is 2. The summed E-state index contributed by atoms with van der Waals surface area (Å²) in [6, 6.07) is 22.5. The van der Waals surface area contributed by atoms with E-state index in [4.69, 9.17) is 22.7 Å². The fourth-order valence-corrected chi connectivity index (χ4v) is 3.99. The van der Waals surface area contributed by atoms with Crippen molar-refractivity contribution >= 4 is 32.9 Å². The largest absolute Gasteiger partial charge is 0.489 e. The number of hydrogen-bond acceptors (Lipinski definition) is 5. The van der Waals surface area contributed by atoms with Gasteiger partial charge in [0.15, 0.2) is 5.11 Å². The summed E-state index contributed by atoms with van der Waals surface area (Å²) in [5.74, 6) is 0.690. The Hall–Kier alpha value is -3.23. The Labute approximate surface area is 181 Å². The lowest BCUT2D eigenvalue weighted by molar-refractivity contribution is 0.306. The fraction of sp³-hybridized carbons (Fsp3) is 0.0909. The predicted octanol–water partition coefficient (Wildman–Crippen LogP) is 3.66. The molecule has 0 aliphatic carbocycles. The van der Waals surface area contributed by atoms with E-state index in [0.717, 1.165) is 16.8 Å². The summed E-state index contributed by atoms with van der Waals surface area (Å²) >= 11 is 4.72. The van der Waals surface area contributed by atoms with Crippen LogP contribution in [-0.4, -0.2) is 19.2 Å². The highest BCUT2D eigenvalue weighted by Gasteiger charge is 2.16. The first kappa shape index (κ1) is 21.5. The van der Waals surface area contributed by atoms with Gasteiger partial charge in [-0.3, -0.25) is 5.43 Å². The maximum atomic E-state index is 12.6. The molecule has 0 aliphatic heterocycles. The molecule has 30 heavy (non-hydrogen) atoms. The first-order valence-electron chi connectivity index (χ1n) is 9.08. The second kappa shape index (κ2) is 9.51. The summed E-state index contributed by atoms with van der Waals surface area (Å²) in [5, 5.41) is 4.19. The number of ether oxygens (including phenoxy) is 1. The average molecular weight is 440 g/mol. The van der Waals surface area contributed by atoms with Gasteiger partial charge >= 0.3 is 0 Å². The van der Waals surface area contributed by atoms with Crippen LogP contribution in [0.4, 0.5) is 0 Å². The molecule has 0 spiro atoms. The van der Waals surface area contributed by atoms with E-state index in [1.807, 2.05) is 31.2 Å². The van der Waals surface area contributed by atoms with Gasteiger partial charge in [-0.15, -0.1) is 0 Å². The molecule has 8 heteroatoms. The minimum atomic E-state index is -3.52. The van der Waals surface area contributed by atoms with Crippen molar-refractivity contribution in [3.63, 3.8) is 0 Å². The normalized spacial score (nSPS) is 11.7. The van der Waals surface area contributed by atoms with Gasteiger partial charge in [-0.2, -0.15) is 5.10 Å². The molecule has 0 radical (unpaired) electrons. The van der Waals surface area contributed by atoms with Crippen molar-refractivity contribution in [1.29, 1.82) is 0 Å². The maximum absolute atomic E-state index is 12.6. The molecule has 3 aromatic rings. The van der Waals surface area contributed by atoms with E-state index in [1.165, 1.54) is 0 Å². The van der Waals surface area contributed by atoms with Crippen LogP contribution in [0.5, 0.6) is 5.75 Å². The molecule has 0 aromatic heterocycles. The second-order valence-corrected chi connectivity index (χ2v) is 8.84. The first-order chi connectivity index (χ1) is 14.4. The van der Waals surface area contributed by atoms with Gasteiger partial charge in [-0.05, 0) is 78.8 Å². The van der Waals surface area contributed by atoms with Gasteiger partial charge in [-0.25, -0.2) is 8.42 Å². The van der Waals surface area contributed by atoms with E-state index in [9.17, 15) is 8.42 Å². The van der Waals surface area contributed by atoms with Gasteiger partial charge in [-0.1, -0.05) is 30.3 Å². The highest BCUT2D eigenvalue weighted by atomic mass is 32.2. The summed E-state index contributed by atoms with van der Waals surface area (Å²) in [4.78, 5) is 0.526. The van der Waals surface area contributed by atoms with Gasteiger partial charge in [0.1, 0.15) is 12.4 Å². The van der Waals surface area contributed by atoms with Crippen LogP contribution in [0.1, 0.15) is 18.1 Å². The Morgan fingerprint density at radius 2 is 1.57 bits per heavy atom. The molecule has 0 aliphatic rings. The van der Waals surface area contributed by atoms with Crippen molar-refractivity contribution in [3.8, 4) is 5.75 Å². The number of rotatable bonds is 7.